The highest BCUT2D eigenvalue weighted by Gasteiger charge is 2.19. The third-order valence-electron chi connectivity index (χ3n) is 4.28. The largest absolute Gasteiger partial charge is 0.376 e. The summed E-state index contributed by atoms with van der Waals surface area (Å²) >= 11 is 0. The Morgan fingerprint density at radius 3 is 3.21 bits per heavy atom. The van der Waals surface area contributed by atoms with Crippen molar-refractivity contribution in [1.29, 1.82) is 0 Å². The van der Waals surface area contributed by atoms with Gasteiger partial charge in [0.15, 0.2) is 0 Å². The highest BCUT2D eigenvalue weighted by molar-refractivity contribution is 5.80. The first-order chi connectivity index (χ1) is 11.6. The fraction of sp³-hybridized carbons (Fsp3) is 0.556. The Kier molecular flexibility index (Phi) is 5.48. The van der Waals surface area contributed by atoms with E-state index in [9.17, 15) is 4.79 Å². The standard InChI is InChI=1S/C18H25N3O3/c1-13-6-7-21-11-15(20-17(21)9-13)10-19-18(22)14(2)24-12-16-5-3-4-8-23-16/h6-7,9,11,14,16H,3-5,8,10,12H2,1-2H3,(H,19,22). The van der Waals surface area contributed by atoms with E-state index in [1.54, 1.807) is 6.92 Å². The number of hydrogen-bond donors (Lipinski definition) is 1. The van der Waals surface area contributed by atoms with Gasteiger partial charge >= 0.3 is 0 Å². The molecule has 1 amide bonds. The van der Waals surface area contributed by atoms with Gasteiger partial charge < -0.3 is 19.2 Å². The Hall–Kier alpha value is -1.92. The lowest BCUT2D eigenvalue weighted by Gasteiger charge is -2.23. The summed E-state index contributed by atoms with van der Waals surface area (Å²) in [5, 5.41) is 2.88. The molecule has 2 aromatic rings. The van der Waals surface area contributed by atoms with Gasteiger partial charge in [-0.3, -0.25) is 4.79 Å². The van der Waals surface area contributed by atoms with Gasteiger partial charge in [-0.25, -0.2) is 4.98 Å². The van der Waals surface area contributed by atoms with Crippen molar-refractivity contribution < 1.29 is 14.3 Å². The quantitative estimate of drug-likeness (QED) is 0.881. The molecular weight excluding hydrogens is 306 g/mol. The molecule has 0 aliphatic carbocycles. The molecule has 6 heteroatoms. The predicted octanol–water partition coefficient (Wildman–Crippen LogP) is 2.23. The molecule has 0 radical (unpaired) electrons. The smallest absolute Gasteiger partial charge is 0.249 e. The zero-order chi connectivity index (χ0) is 16.9. The van der Waals surface area contributed by atoms with Crippen molar-refractivity contribution in [3.63, 3.8) is 0 Å². The van der Waals surface area contributed by atoms with E-state index in [4.69, 9.17) is 9.47 Å². The van der Waals surface area contributed by atoms with Crippen LogP contribution in [0.2, 0.25) is 0 Å². The summed E-state index contributed by atoms with van der Waals surface area (Å²) < 4.78 is 13.2. The first-order valence-electron chi connectivity index (χ1n) is 8.57. The highest BCUT2D eigenvalue weighted by Crippen LogP contribution is 2.13. The van der Waals surface area contributed by atoms with Crippen molar-refractivity contribution in [2.24, 2.45) is 0 Å². The van der Waals surface area contributed by atoms with Crippen LogP contribution in [0.3, 0.4) is 0 Å². The molecule has 1 aliphatic rings. The molecular formula is C18H25N3O3. The van der Waals surface area contributed by atoms with Gasteiger partial charge in [-0.15, -0.1) is 0 Å². The van der Waals surface area contributed by atoms with Crippen molar-refractivity contribution in [3.05, 3.63) is 35.8 Å². The molecule has 1 N–H and O–H groups in total. The number of hydrogen-bond acceptors (Lipinski definition) is 4. The number of aryl methyl sites for hydroxylation is 1. The second-order valence-corrected chi connectivity index (χ2v) is 6.38. The topological polar surface area (TPSA) is 64.9 Å². The maximum absolute atomic E-state index is 12.1. The molecule has 1 fully saturated rings. The van der Waals surface area contributed by atoms with Gasteiger partial charge in [0.05, 0.1) is 24.9 Å². The first-order valence-corrected chi connectivity index (χ1v) is 8.57. The molecule has 0 saturated carbocycles. The molecule has 1 saturated heterocycles. The Morgan fingerprint density at radius 1 is 1.54 bits per heavy atom. The van der Waals surface area contributed by atoms with Crippen molar-refractivity contribution in [3.8, 4) is 0 Å². The maximum Gasteiger partial charge on any atom is 0.249 e. The number of nitrogens with one attached hydrogen (secondary N) is 1. The molecule has 3 heterocycles. The summed E-state index contributed by atoms with van der Waals surface area (Å²) in [7, 11) is 0. The molecule has 0 spiro atoms. The number of ether oxygens (including phenoxy) is 2. The minimum Gasteiger partial charge on any atom is -0.376 e. The Bertz CT molecular complexity index is 692. The number of pyridine rings is 1. The third-order valence-corrected chi connectivity index (χ3v) is 4.28. The number of amides is 1. The molecule has 2 atom stereocenters. The third kappa shape index (κ3) is 4.33. The number of aromatic nitrogens is 2. The van der Waals surface area contributed by atoms with Crippen LogP contribution >= 0.6 is 0 Å². The van der Waals surface area contributed by atoms with Gasteiger partial charge in [0, 0.05) is 19.0 Å². The van der Waals surface area contributed by atoms with Crippen LogP contribution in [0.4, 0.5) is 0 Å². The normalized spacial score (nSPS) is 19.3. The zero-order valence-corrected chi connectivity index (χ0v) is 14.3. The summed E-state index contributed by atoms with van der Waals surface area (Å²) in [4.78, 5) is 16.7. The van der Waals surface area contributed by atoms with Crippen LogP contribution in [-0.4, -0.2) is 40.7 Å². The highest BCUT2D eigenvalue weighted by atomic mass is 16.5. The summed E-state index contributed by atoms with van der Waals surface area (Å²) in [6, 6.07) is 4.04. The lowest BCUT2D eigenvalue weighted by atomic mass is 10.1. The van der Waals surface area contributed by atoms with Crippen LogP contribution in [0.1, 0.15) is 37.4 Å². The monoisotopic (exact) mass is 331 g/mol. The van der Waals surface area contributed by atoms with Gasteiger partial charge in [-0.1, -0.05) is 0 Å². The van der Waals surface area contributed by atoms with Gasteiger partial charge in [-0.05, 0) is 50.8 Å². The van der Waals surface area contributed by atoms with Crippen molar-refractivity contribution >= 4 is 11.6 Å². The Labute approximate surface area is 142 Å². The van der Waals surface area contributed by atoms with Gasteiger partial charge in [0.1, 0.15) is 11.8 Å². The average Bonchev–Trinajstić information content (AvgIpc) is 3.00. The summed E-state index contributed by atoms with van der Waals surface area (Å²) in [5.41, 5.74) is 2.88. The molecule has 2 aromatic heterocycles. The lowest BCUT2D eigenvalue weighted by molar-refractivity contribution is -0.135. The van der Waals surface area contributed by atoms with Crippen LogP contribution in [0.15, 0.2) is 24.5 Å². The average molecular weight is 331 g/mol. The first kappa shape index (κ1) is 16.9. The Morgan fingerprint density at radius 2 is 2.42 bits per heavy atom. The van der Waals surface area contributed by atoms with E-state index in [1.807, 2.05) is 35.9 Å². The van der Waals surface area contributed by atoms with Crippen molar-refractivity contribution in [2.75, 3.05) is 13.2 Å². The summed E-state index contributed by atoms with van der Waals surface area (Å²) in [5.74, 6) is -0.126. The molecule has 130 valence electrons. The van der Waals surface area contributed by atoms with Crippen molar-refractivity contribution in [2.45, 2.75) is 51.9 Å². The molecule has 24 heavy (non-hydrogen) atoms. The maximum atomic E-state index is 12.1. The Balaban J connectivity index is 1.46. The molecule has 2 unspecified atom stereocenters. The van der Waals surface area contributed by atoms with Crippen LogP contribution in [0.5, 0.6) is 0 Å². The van der Waals surface area contributed by atoms with Crippen LogP contribution in [-0.2, 0) is 20.8 Å². The molecule has 0 bridgehead atoms. The number of carbonyl (C=O) groups is 1. The second-order valence-electron chi connectivity index (χ2n) is 6.38. The minimum absolute atomic E-state index is 0.121. The van der Waals surface area contributed by atoms with E-state index in [1.165, 1.54) is 6.42 Å². The van der Waals surface area contributed by atoms with Crippen molar-refractivity contribution in [1.82, 2.24) is 14.7 Å². The summed E-state index contributed by atoms with van der Waals surface area (Å²) in [6.07, 6.45) is 6.82. The number of fused-ring (bicyclic) bond motifs is 1. The minimum atomic E-state index is -0.491. The van der Waals surface area contributed by atoms with Crippen LogP contribution in [0.25, 0.3) is 5.65 Å². The molecule has 3 rings (SSSR count). The number of nitrogens with zero attached hydrogens (tertiary/aromatic N) is 2. The lowest BCUT2D eigenvalue weighted by Crippen LogP contribution is -2.36. The number of imidazole rings is 1. The summed E-state index contributed by atoms with van der Waals surface area (Å²) in [6.45, 7) is 5.47. The molecule has 1 aliphatic heterocycles. The van der Waals surface area contributed by atoms with Crippen LogP contribution < -0.4 is 5.32 Å². The fourth-order valence-electron chi connectivity index (χ4n) is 2.81. The van der Waals surface area contributed by atoms with Gasteiger partial charge in [0.25, 0.3) is 0 Å². The van der Waals surface area contributed by atoms with E-state index in [0.29, 0.717) is 13.2 Å². The number of rotatable bonds is 6. The van der Waals surface area contributed by atoms with Gasteiger partial charge in [-0.2, -0.15) is 0 Å². The predicted molar refractivity (Wildman–Crippen MR) is 90.8 cm³/mol. The fourth-order valence-corrected chi connectivity index (χ4v) is 2.81. The van der Waals surface area contributed by atoms with E-state index >= 15 is 0 Å². The molecule has 6 nitrogen and oxygen atoms in total. The van der Waals surface area contributed by atoms with E-state index in [-0.39, 0.29) is 12.0 Å². The van der Waals surface area contributed by atoms with Gasteiger partial charge in [0.2, 0.25) is 5.91 Å². The SMILES string of the molecule is Cc1ccn2cc(CNC(=O)C(C)OCC3CCCCO3)nc2c1. The second kappa shape index (κ2) is 7.77. The van der Waals surface area contributed by atoms with E-state index in [0.717, 1.165) is 36.4 Å². The zero-order valence-electron chi connectivity index (χ0n) is 14.3. The van der Waals surface area contributed by atoms with E-state index in [2.05, 4.69) is 10.3 Å². The van der Waals surface area contributed by atoms with E-state index < -0.39 is 6.10 Å². The number of carbonyl (C=O) groups excluding carboxylic acids is 1. The van der Waals surface area contributed by atoms with Crippen LogP contribution in [0, 0.1) is 6.92 Å². The molecule has 0 aromatic carbocycles.